The van der Waals surface area contributed by atoms with Crippen molar-refractivity contribution < 1.29 is 0 Å². The average molecular weight is 297 g/mol. The van der Waals surface area contributed by atoms with Crippen molar-refractivity contribution in [3.63, 3.8) is 0 Å². The average Bonchev–Trinajstić information content (AvgIpc) is 2.78. The van der Waals surface area contributed by atoms with E-state index in [-0.39, 0.29) is 5.54 Å². The van der Waals surface area contributed by atoms with Crippen molar-refractivity contribution in [3.8, 4) is 6.07 Å². The summed E-state index contributed by atoms with van der Waals surface area (Å²) in [5, 5.41) is 13.0. The largest absolute Gasteiger partial charge is 0.253 e. The van der Waals surface area contributed by atoms with Crippen molar-refractivity contribution in [2.75, 3.05) is 26.2 Å². The van der Waals surface area contributed by atoms with Gasteiger partial charge in [0.1, 0.15) is 24.9 Å². The van der Waals surface area contributed by atoms with Crippen molar-refractivity contribution in [1.29, 1.82) is 5.26 Å². The van der Waals surface area contributed by atoms with Gasteiger partial charge in [0.05, 0.1) is 12.0 Å². The second-order valence-corrected chi connectivity index (χ2v) is 6.50. The van der Waals surface area contributed by atoms with Crippen LogP contribution >= 0.6 is 0 Å². The minimum Gasteiger partial charge on any atom is -0.253 e. The van der Waals surface area contributed by atoms with Gasteiger partial charge in [-0.15, -0.1) is 0 Å². The molecule has 3 saturated heterocycles. The van der Waals surface area contributed by atoms with Crippen LogP contribution in [0.15, 0.2) is 18.3 Å². The molecule has 2 radical (unpaired) electrons. The molecule has 3 aliphatic rings. The third-order valence-corrected chi connectivity index (χ3v) is 5.17. The lowest BCUT2D eigenvalue weighted by atomic mass is 9.81. The van der Waals surface area contributed by atoms with E-state index in [9.17, 15) is 0 Å². The Balaban J connectivity index is 0.000000174. The van der Waals surface area contributed by atoms with E-state index < -0.39 is 0 Å². The van der Waals surface area contributed by atoms with Crippen molar-refractivity contribution >= 4 is 0 Å². The number of nitrogens with zero attached hydrogens (tertiary/aromatic N) is 4. The molecule has 0 saturated carbocycles. The summed E-state index contributed by atoms with van der Waals surface area (Å²) in [6.45, 7) is 4.67. The Hall–Kier alpha value is -1.44. The van der Waals surface area contributed by atoms with Crippen LogP contribution in [0.2, 0.25) is 0 Å². The number of hydrogen-bond acceptors (Lipinski definition) is 3. The van der Waals surface area contributed by atoms with Crippen molar-refractivity contribution in [1.82, 2.24) is 15.2 Å². The van der Waals surface area contributed by atoms with Gasteiger partial charge < -0.3 is 0 Å². The Kier molecular flexibility index (Phi) is 5.07. The summed E-state index contributed by atoms with van der Waals surface area (Å²) < 4.78 is 0. The van der Waals surface area contributed by atoms with Crippen molar-refractivity contribution in [3.05, 3.63) is 29.6 Å². The molecule has 1 aromatic rings. The first-order valence-electron chi connectivity index (χ1n) is 8.60. The third-order valence-electron chi connectivity index (χ3n) is 5.17. The SMILES string of the molecule is C1CCC[N]CC1.N#Cc1ccc(C23CCC[N+]2CC3)nc1. The fourth-order valence-corrected chi connectivity index (χ4v) is 3.78. The highest BCUT2D eigenvalue weighted by Gasteiger charge is 2.59. The first-order chi connectivity index (χ1) is 10.8. The van der Waals surface area contributed by atoms with Gasteiger partial charge in [0.25, 0.3) is 0 Å². The minimum atomic E-state index is 0.230. The third kappa shape index (κ3) is 3.16. The van der Waals surface area contributed by atoms with Gasteiger partial charge in [0.15, 0.2) is 5.54 Å². The molecule has 1 unspecified atom stereocenters. The zero-order valence-corrected chi connectivity index (χ0v) is 13.3. The van der Waals surface area contributed by atoms with Gasteiger partial charge in [-0.25, -0.2) is 5.32 Å². The van der Waals surface area contributed by atoms with E-state index in [2.05, 4.69) is 21.3 Å². The topological polar surface area (TPSA) is 56.7 Å². The summed E-state index contributed by atoms with van der Waals surface area (Å²) in [6.07, 6.45) is 10.9. The van der Waals surface area contributed by atoms with Crippen LogP contribution in [0, 0.1) is 11.3 Å². The quantitative estimate of drug-likeness (QED) is 0.748. The van der Waals surface area contributed by atoms with Crippen LogP contribution in [0.3, 0.4) is 0 Å². The predicted molar refractivity (Wildman–Crippen MR) is 86.7 cm³/mol. The van der Waals surface area contributed by atoms with Crippen LogP contribution in [-0.2, 0) is 5.54 Å². The van der Waals surface area contributed by atoms with E-state index in [0.29, 0.717) is 5.56 Å². The van der Waals surface area contributed by atoms with Crippen molar-refractivity contribution in [2.45, 2.75) is 50.5 Å². The van der Waals surface area contributed by atoms with Gasteiger partial charge >= 0.3 is 0 Å². The summed E-state index contributed by atoms with van der Waals surface area (Å²) in [6, 6.07) is 6.02. The van der Waals surface area contributed by atoms with E-state index in [1.54, 1.807) is 6.20 Å². The lowest BCUT2D eigenvalue weighted by molar-refractivity contribution is 0.116. The maximum absolute atomic E-state index is 8.72. The van der Waals surface area contributed by atoms with Gasteiger partial charge in [-0.1, -0.05) is 12.8 Å². The van der Waals surface area contributed by atoms with Gasteiger partial charge in [0.2, 0.25) is 0 Å². The van der Waals surface area contributed by atoms with E-state index >= 15 is 0 Å². The molecule has 0 aliphatic carbocycles. The monoisotopic (exact) mass is 297 g/mol. The summed E-state index contributed by atoms with van der Waals surface area (Å²) >= 11 is 0. The number of fused-ring (bicyclic) bond motifs is 1. The molecule has 3 fully saturated rings. The molecule has 4 heterocycles. The molecule has 4 rings (SSSR count). The Bertz CT molecular complexity index is 499. The van der Waals surface area contributed by atoms with Gasteiger partial charge in [-0.2, -0.15) is 10.2 Å². The molecule has 0 aromatic carbocycles. The molecule has 0 N–H and O–H groups in total. The molecule has 22 heavy (non-hydrogen) atoms. The van der Waals surface area contributed by atoms with E-state index in [1.807, 2.05) is 12.1 Å². The Labute approximate surface area is 133 Å². The molecular weight excluding hydrogens is 272 g/mol. The fraction of sp³-hybridized carbons (Fsp3) is 0.667. The number of hydrogen-bond donors (Lipinski definition) is 0. The van der Waals surface area contributed by atoms with Gasteiger partial charge in [0, 0.05) is 32.1 Å². The van der Waals surface area contributed by atoms with Crippen LogP contribution in [-0.4, -0.2) is 31.2 Å². The molecule has 0 amide bonds. The fourth-order valence-electron chi connectivity index (χ4n) is 3.78. The lowest BCUT2D eigenvalue weighted by Crippen LogP contribution is -2.57. The smallest absolute Gasteiger partial charge is 0.190 e. The molecule has 0 spiro atoms. The van der Waals surface area contributed by atoms with Crippen LogP contribution in [0.25, 0.3) is 0 Å². The predicted octanol–water partition coefficient (Wildman–Crippen LogP) is 2.65. The lowest BCUT2D eigenvalue weighted by Gasteiger charge is -2.37. The number of aromatic nitrogens is 1. The second kappa shape index (κ2) is 7.21. The maximum atomic E-state index is 8.72. The van der Waals surface area contributed by atoms with Crippen LogP contribution in [0.4, 0.5) is 0 Å². The summed E-state index contributed by atoms with van der Waals surface area (Å²) in [5.74, 6) is 0. The highest BCUT2D eigenvalue weighted by Crippen LogP contribution is 2.45. The standard InChI is InChI=1S/C12H13N3.C6H12N/c13-8-10-2-3-11(14-9-10)12-4-1-6-15(12)7-5-12;1-2-4-6-7-5-3-1/h2-3,9H,1,4-7H2;1-6H2/q+1;. The number of rotatable bonds is 1. The highest BCUT2D eigenvalue weighted by molar-refractivity contribution is 5.31. The molecule has 4 heteroatoms. The first kappa shape index (κ1) is 15.5. The normalized spacial score (nSPS) is 27.6. The Morgan fingerprint density at radius 2 is 1.82 bits per heavy atom. The van der Waals surface area contributed by atoms with E-state index in [0.717, 1.165) is 18.8 Å². The maximum Gasteiger partial charge on any atom is 0.190 e. The minimum absolute atomic E-state index is 0.230. The van der Waals surface area contributed by atoms with Crippen LogP contribution < -0.4 is 10.2 Å². The molecule has 116 valence electrons. The van der Waals surface area contributed by atoms with Crippen LogP contribution in [0.5, 0.6) is 0 Å². The molecule has 3 aliphatic heterocycles. The van der Waals surface area contributed by atoms with E-state index in [4.69, 9.17) is 5.26 Å². The molecule has 4 nitrogen and oxygen atoms in total. The van der Waals surface area contributed by atoms with Gasteiger partial charge in [-0.3, -0.25) is 4.98 Å². The highest BCUT2D eigenvalue weighted by atomic mass is 15.3. The summed E-state index contributed by atoms with van der Waals surface area (Å²) in [7, 11) is 0. The summed E-state index contributed by atoms with van der Waals surface area (Å²) in [5.41, 5.74) is 2.04. The number of pyridine rings is 1. The molecule has 0 bridgehead atoms. The Morgan fingerprint density at radius 1 is 1.00 bits per heavy atom. The Morgan fingerprint density at radius 3 is 2.36 bits per heavy atom. The van der Waals surface area contributed by atoms with Crippen molar-refractivity contribution in [2.24, 2.45) is 0 Å². The molecule has 1 aromatic heterocycles. The molecular formula is C18H25N4+. The zero-order valence-electron chi connectivity index (χ0n) is 13.3. The van der Waals surface area contributed by atoms with E-state index in [1.165, 1.54) is 58.0 Å². The number of nitriles is 1. The van der Waals surface area contributed by atoms with Gasteiger partial charge in [-0.05, 0) is 25.0 Å². The van der Waals surface area contributed by atoms with Crippen LogP contribution in [0.1, 0.15) is 56.2 Å². The first-order valence-corrected chi connectivity index (χ1v) is 8.60. The second-order valence-electron chi connectivity index (χ2n) is 6.50. The molecule has 1 atom stereocenters. The zero-order chi connectivity index (χ0) is 15.3. The summed E-state index contributed by atoms with van der Waals surface area (Å²) in [4.78, 5) is 6.96.